The van der Waals surface area contributed by atoms with Crippen molar-refractivity contribution in [1.82, 2.24) is 14.5 Å². The van der Waals surface area contributed by atoms with E-state index in [4.69, 9.17) is 22.1 Å². The normalized spacial score (nSPS) is 10.9. The summed E-state index contributed by atoms with van der Waals surface area (Å²) in [6.45, 7) is 0. The Morgan fingerprint density at radius 3 is 2.75 bits per heavy atom. The van der Waals surface area contributed by atoms with Crippen LogP contribution in [0.15, 0.2) is 30.3 Å². The third kappa shape index (κ3) is 1.94. The van der Waals surface area contributed by atoms with Gasteiger partial charge in [-0.05, 0) is 24.3 Å². The number of nitrogen functional groups attached to an aromatic ring is 1. The van der Waals surface area contributed by atoms with Crippen molar-refractivity contribution < 1.29 is 9.13 Å². The Bertz CT molecular complexity index is 802. The van der Waals surface area contributed by atoms with Crippen molar-refractivity contribution in [3.63, 3.8) is 0 Å². The van der Waals surface area contributed by atoms with Crippen LogP contribution in [0, 0.1) is 5.82 Å². The highest BCUT2D eigenvalue weighted by Crippen LogP contribution is 2.26. The lowest BCUT2D eigenvalue weighted by atomic mass is 10.3. The molecule has 0 saturated carbocycles. The SMILES string of the molecule is COc1ccc2nc(N)n(-c3ccc(Cl)cc3F)c2n1. The van der Waals surface area contributed by atoms with Crippen LogP contribution in [0.5, 0.6) is 5.88 Å². The van der Waals surface area contributed by atoms with E-state index in [0.717, 1.165) is 0 Å². The molecule has 0 fully saturated rings. The summed E-state index contributed by atoms with van der Waals surface area (Å²) in [6.07, 6.45) is 0. The second kappa shape index (κ2) is 4.64. The van der Waals surface area contributed by atoms with Crippen molar-refractivity contribution in [2.45, 2.75) is 0 Å². The van der Waals surface area contributed by atoms with Gasteiger partial charge in [-0.15, -0.1) is 0 Å². The lowest BCUT2D eigenvalue weighted by Gasteiger charge is -2.08. The van der Waals surface area contributed by atoms with E-state index in [-0.39, 0.29) is 11.6 Å². The molecule has 0 aliphatic heterocycles. The van der Waals surface area contributed by atoms with Gasteiger partial charge >= 0.3 is 0 Å². The molecule has 1 aromatic carbocycles. The highest BCUT2D eigenvalue weighted by atomic mass is 35.5. The number of imidazole rings is 1. The Balaban J connectivity index is 2.31. The Morgan fingerprint density at radius 1 is 1.25 bits per heavy atom. The quantitative estimate of drug-likeness (QED) is 0.789. The number of hydrogen-bond donors (Lipinski definition) is 1. The van der Waals surface area contributed by atoms with Crippen molar-refractivity contribution in [1.29, 1.82) is 0 Å². The van der Waals surface area contributed by atoms with E-state index in [2.05, 4.69) is 9.97 Å². The van der Waals surface area contributed by atoms with E-state index < -0.39 is 5.82 Å². The molecular weight excluding hydrogens is 283 g/mol. The van der Waals surface area contributed by atoms with Gasteiger partial charge in [0, 0.05) is 11.1 Å². The Labute approximate surface area is 118 Å². The second-order valence-electron chi connectivity index (χ2n) is 4.10. The van der Waals surface area contributed by atoms with Gasteiger partial charge in [-0.3, -0.25) is 4.57 Å². The third-order valence-corrected chi connectivity index (χ3v) is 3.10. The maximum absolute atomic E-state index is 14.1. The lowest BCUT2D eigenvalue weighted by Crippen LogP contribution is -2.04. The number of methoxy groups -OCH3 is 1. The Hall–Kier alpha value is -2.34. The highest BCUT2D eigenvalue weighted by Gasteiger charge is 2.15. The van der Waals surface area contributed by atoms with Gasteiger partial charge in [0.1, 0.15) is 11.3 Å². The van der Waals surface area contributed by atoms with E-state index in [9.17, 15) is 4.39 Å². The molecule has 2 heterocycles. The predicted molar refractivity (Wildman–Crippen MR) is 74.8 cm³/mol. The third-order valence-electron chi connectivity index (χ3n) is 2.86. The number of anilines is 1. The predicted octanol–water partition coefficient (Wildman–Crippen LogP) is 2.80. The van der Waals surface area contributed by atoms with Crippen molar-refractivity contribution in [2.24, 2.45) is 0 Å². The molecule has 0 spiro atoms. The summed E-state index contributed by atoms with van der Waals surface area (Å²) < 4.78 is 20.5. The molecule has 0 atom stereocenters. The van der Waals surface area contributed by atoms with Gasteiger partial charge < -0.3 is 10.5 Å². The van der Waals surface area contributed by atoms with Crippen LogP contribution in [0.2, 0.25) is 5.02 Å². The van der Waals surface area contributed by atoms with E-state index in [1.165, 1.54) is 23.8 Å². The molecule has 0 radical (unpaired) electrons. The molecule has 0 amide bonds. The fourth-order valence-corrected chi connectivity index (χ4v) is 2.13. The van der Waals surface area contributed by atoms with Crippen LogP contribution in [-0.2, 0) is 0 Å². The molecule has 2 N–H and O–H groups in total. The summed E-state index contributed by atoms with van der Waals surface area (Å²) in [6, 6.07) is 7.68. The molecule has 5 nitrogen and oxygen atoms in total. The Morgan fingerprint density at radius 2 is 2.05 bits per heavy atom. The minimum atomic E-state index is -0.506. The van der Waals surface area contributed by atoms with E-state index in [1.54, 1.807) is 18.2 Å². The van der Waals surface area contributed by atoms with Gasteiger partial charge in [0.15, 0.2) is 5.65 Å². The van der Waals surface area contributed by atoms with Gasteiger partial charge in [0.25, 0.3) is 0 Å². The largest absolute Gasteiger partial charge is 0.481 e. The number of rotatable bonds is 2. The molecule has 20 heavy (non-hydrogen) atoms. The molecule has 2 aromatic heterocycles. The Kier molecular flexibility index (Phi) is 2.94. The zero-order valence-corrected chi connectivity index (χ0v) is 11.2. The van der Waals surface area contributed by atoms with Crippen molar-refractivity contribution >= 4 is 28.7 Å². The number of nitrogens with two attached hydrogens (primary N) is 1. The molecule has 102 valence electrons. The minimum absolute atomic E-state index is 0.141. The molecule has 0 aliphatic carbocycles. The van der Waals surface area contributed by atoms with Crippen LogP contribution in [0.1, 0.15) is 0 Å². The fourth-order valence-electron chi connectivity index (χ4n) is 1.97. The van der Waals surface area contributed by atoms with Crippen molar-refractivity contribution in [3.8, 4) is 11.6 Å². The first-order chi connectivity index (χ1) is 9.60. The number of pyridine rings is 1. The monoisotopic (exact) mass is 292 g/mol. The average molecular weight is 293 g/mol. The van der Waals surface area contributed by atoms with Gasteiger partial charge in [0.2, 0.25) is 11.8 Å². The molecule has 0 unspecified atom stereocenters. The summed E-state index contributed by atoms with van der Waals surface area (Å²) in [7, 11) is 1.50. The van der Waals surface area contributed by atoms with Crippen molar-refractivity contribution in [2.75, 3.05) is 12.8 Å². The number of benzene rings is 1. The number of nitrogens with zero attached hydrogens (tertiary/aromatic N) is 3. The van der Waals surface area contributed by atoms with E-state index >= 15 is 0 Å². The molecule has 0 bridgehead atoms. The van der Waals surface area contributed by atoms with Crippen LogP contribution < -0.4 is 10.5 Å². The number of hydrogen-bond acceptors (Lipinski definition) is 4. The van der Waals surface area contributed by atoms with Gasteiger partial charge in [-0.1, -0.05) is 11.6 Å². The molecule has 7 heteroatoms. The molecule has 0 aliphatic rings. The van der Waals surface area contributed by atoms with Gasteiger partial charge in [-0.2, -0.15) is 4.98 Å². The molecular formula is C13H10ClFN4O. The van der Waals surface area contributed by atoms with Crippen molar-refractivity contribution in [3.05, 3.63) is 41.2 Å². The molecule has 3 aromatic rings. The summed E-state index contributed by atoms with van der Waals surface area (Å²) in [5, 5.41) is 0.305. The summed E-state index contributed by atoms with van der Waals surface area (Å²) in [4.78, 5) is 8.40. The summed E-state index contributed by atoms with van der Waals surface area (Å²) in [5.41, 5.74) is 7.06. The van der Waals surface area contributed by atoms with Crippen LogP contribution >= 0.6 is 11.6 Å². The van der Waals surface area contributed by atoms with Crippen LogP contribution in [0.3, 0.4) is 0 Å². The van der Waals surface area contributed by atoms with Gasteiger partial charge in [0.05, 0.1) is 12.8 Å². The maximum Gasteiger partial charge on any atom is 0.215 e. The summed E-state index contributed by atoms with van der Waals surface area (Å²) in [5.74, 6) is 0.0307. The lowest BCUT2D eigenvalue weighted by molar-refractivity contribution is 0.399. The highest BCUT2D eigenvalue weighted by molar-refractivity contribution is 6.30. The maximum atomic E-state index is 14.1. The number of fused-ring (bicyclic) bond motifs is 1. The number of aromatic nitrogens is 3. The second-order valence-corrected chi connectivity index (χ2v) is 4.53. The minimum Gasteiger partial charge on any atom is -0.481 e. The molecule has 0 saturated heterocycles. The fraction of sp³-hybridized carbons (Fsp3) is 0.0769. The zero-order valence-electron chi connectivity index (χ0n) is 10.5. The topological polar surface area (TPSA) is 66.0 Å². The summed E-state index contributed by atoms with van der Waals surface area (Å²) >= 11 is 5.75. The van der Waals surface area contributed by atoms with Crippen LogP contribution in [0.4, 0.5) is 10.3 Å². The number of ether oxygens (including phenoxy) is 1. The first-order valence-corrected chi connectivity index (χ1v) is 6.12. The van der Waals surface area contributed by atoms with E-state index in [1.807, 2.05) is 0 Å². The zero-order chi connectivity index (χ0) is 14.3. The van der Waals surface area contributed by atoms with Gasteiger partial charge in [-0.25, -0.2) is 9.37 Å². The standard InChI is InChI=1S/C13H10ClFN4O/c1-20-11-5-3-9-12(18-11)19(13(16)17-9)10-4-2-7(14)6-8(10)15/h2-6H,1H3,(H2,16,17). The molecule has 3 rings (SSSR count). The number of halogens is 2. The first-order valence-electron chi connectivity index (χ1n) is 5.74. The smallest absolute Gasteiger partial charge is 0.215 e. The average Bonchev–Trinajstić information content (AvgIpc) is 2.74. The van der Waals surface area contributed by atoms with E-state index in [0.29, 0.717) is 22.1 Å². The van der Waals surface area contributed by atoms with Crippen LogP contribution in [0.25, 0.3) is 16.9 Å². The van der Waals surface area contributed by atoms with Crippen LogP contribution in [-0.4, -0.2) is 21.6 Å². The first kappa shape index (κ1) is 12.7.